The molecule has 3 heterocycles. The van der Waals surface area contributed by atoms with Crippen molar-refractivity contribution in [2.75, 3.05) is 31.6 Å². The van der Waals surface area contributed by atoms with E-state index in [0.717, 1.165) is 11.3 Å². The third-order valence-electron chi connectivity index (χ3n) is 5.11. The Morgan fingerprint density at radius 3 is 2.70 bits per heavy atom. The molecule has 1 aromatic carbocycles. The number of pyridine rings is 1. The summed E-state index contributed by atoms with van der Waals surface area (Å²) < 4.78 is 37.8. The Balaban J connectivity index is 1.53. The lowest BCUT2D eigenvalue weighted by Crippen LogP contribution is -2.40. The highest BCUT2D eigenvalue weighted by molar-refractivity contribution is 7.98. The van der Waals surface area contributed by atoms with Gasteiger partial charge in [-0.2, -0.15) is 4.31 Å². The molecule has 33 heavy (non-hydrogen) atoms. The van der Waals surface area contributed by atoms with Gasteiger partial charge in [-0.25, -0.2) is 13.4 Å². The number of aryl methyl sites for hydroxylation is 2. The number of sulfonamides is 1. The first kappa shape index (κ1) is 23.4. The van der Waals surface area contributed by atoms with Gasteiger partial charge in [-0.1, -0.05) is 23.0 Å². The fourth-order valence-corrected chi connectivity index (χ4v) is 5.64. The number of thioether (sulfide) groups is 1. The molecule has 3 aromatic rings. The molecule has 1 N–H and O–H groups in total. The number of morpholine rings is 1. The van der Waals surface area contributed by atoms with Crippen LogP contribution < -0.4 is 5.32 Å². The van der Waals surface area contributed by atoms with Gasteiger partial charge in [0.1, 0.15) is 10.8 Å². The van der Waals surface area contributed by atoms with Crippen molar-refractivity contribution < 1.29 is 22.5 Å². The molecule has 0 spiro atoms. The summed E-state index contributed by atoms with van der Waals surface area (Å²) in [5.74, 6) is 0.846. The van der Waals surface area contributed by atoms with Gasteiger partial charge in [-0.05, 0) is 43.7 Å². The zero-order valence-corrected chi connectivity index (χ0v) is 19.9. The number of nitrogens with zero attached hydrogens (tertiary/aromatic N) is 3. The van der Waals surface area contributed by atoms with E-state index >= 15 is 0 Å². The highest BCUT2D eigenvalue weighted by atomic mass is 32.2. The second kappa shape index (κ2) is 10.0. The van der Waals surface area contributed by atoms with Crippen LogP contribution in [0.4, 0.5) is 5.69 Å². The monoisotopic (exact) mass is 488 g/mol. The summed E-state index contributed by atoms with van der Waals surface area (Å²) in [4.78, 5) is 17.6. The first-order valence-electron chi connectivity index (χ1n) is 10.3. The van der Waals surface area contributed by atoms with Crippen molar-refractivity contribution in [2.45, 2.75) is 29.5 Å². The van der Waals surface area contributed by atoms with Gasteiger partial charge in [0.25, 0.3) is 5.91 Å². The maximum Gasteiger partial charge on any atom is 0.258 e. The Kier molecular flexibility index (Phi) is 7.13. The van der Waals surface area contributed by atoms with Gasteiger partial charge < -0.3 is 14.6 Å². The average Bonchev–Trinajstić information content (AvgIpc) is 3.24. The van der Waals surface area contributed by atoms with Crippen LogP contribution >= 0.6 is 11.8 Å². The minimum absolute atomic E-state index is 0.132. The molecule has 9 nitrogen and oxygen atoms in total. The van der Waals surface area contributed by atoms with Crippen molar-refractivity contribution in [3.05, 3.63) is 65.2 Å². The van der Waals surface area contributed by atoms with Crippen molar-refractivity contribution in [1.29, 1.82) is 0 Å². The summed E-state index contributed by atoms with van der Waals surface area (Å²) in [6, 6.07) is 9.95. The van der Waals surface area contributed by atoms with Crippen molar-refractivity contribution in [3.63, 3.8) is 0 Å². The van der Waals surface area contributed by atoms with E-state index in [1.807, 2.05) is 19.9 Å². The van der Waals surface area contributed by atoms with Gasteiger partial charge in [0.15, 0.2) is 0 Å². The molecule has 1 amide bonds. The number of nitrogens with one attached hydrogen (secondary N) is 1. The molecule has 4 rings (SSSR count). The first-order chi connectivity index (χ1) is 15.8. The summed E-state index contributed by atoms with van der Waals surface area (Å²) in [5, 5.41) is 7.36. The van der Waals surface area contributed by atoms with E-state index in [0.29, 0.717) is 54.1 Å². The van der Waals surface area contributed by atoms with E-state index in [1.54, 1.807) is 30.5 Å². The molecule has 1 aliphatic heterocycles. The van der Waals surface area contributed by atoms with Crippen molar-refractivity contribution >= 4 is 33.4 Å². The number of anilines is 1. The predicted molar refractivity (Wildman–Crippen MR) is 124 cm³/mol. The van der Waals surface area contributed by atoms with Crippen LogP contribution in [0, 0.1) is 13.8 Å². The summed E-state index contributed by atoms with van der Waals surface area (Å²) in [7, 11) is -3.68. The quantitative estimate of drug-likeness (QED) is 0.504. The molecule has 1 saturated heterocycles. The maximum absolute atomic E-state index is 13.1. The Bertz CT molecular complexity index is 1250. The van der Waals surface area contributed by atoms with E-state index in [4.69, 9.17) is 9.26 Å². The molecule has 0 atom stereocenters. The number of aromatic nitrogens is 2. The Morgan fingerprint density at radius 1 is 1.18 bits per heavy atom. The third-order valence-corrected chi connectivity index (χ3v) is 8.05. The molecular formula is C22H24N4O5S2. The second-order valence-corrected chi connectivity index (χ2v) is 10.4. The van der Waals surface area contributed by atoms with Gasteiger partial charge in [-0.3, -0.25) is 4.79 Å². The van der Waals surface area contributed by atoms with Gasteiger partial charge in [0.05, 0.1) is 29.4 Å². The molecule has 174 valence electrons. The number of hydrogen-bond acceptors (Lipinski definition) is 8. The minimum Gasteiger partial charge on any atom is -0.379 e. The molecule has 2 aromatic heterocycles. The third kappa shape index (κ3) is 5.44. The van der Waals surface area contributed by atoms with E-state index in [-0.39, 0.29) is 10.8 Å². The fraction of sp³-hybridized carbons (Fsp3) is 0.318. The number of rotatable bonds is 7. The summed E-state index contributed by atoms with van der Waals surface area (Å²) in [5.41, 5.74) is 2.33. The van der Waals surface area contributed by atoms with Crippen molar-refractivity contribution in [1.82, 2.24) is 14.4 Å². The molecule has 0 radical (unpaired) electrons. The maximum atomic E-state index is 13.1. The largest absolute Gasteiger partial charge is 0.379 e. The molecule has 1 fully saturated rings. The van der Waals surface area contributed by atoms with Crippen LogP contribution in [-0.4, -0.2) is 55.1 Å². The predicted octanol–water partition coefficient (Wildman–Crippen LogP) is 3.25. The summed E-state index contributed by atoms with van der Waals surface area (Å²) >= 11 is 1.37. The van der Waals surface area contributed by atoms with Gasteiger partial charge in [-0.15, -0.1) is 0 Å². The molecule has 0 aliphatic carbocycles. The molecule has 11 heteroatoms. The van der Waals surface area contributed by atoms with Crippen LogP contribution in [0.15, 0.2) is 57.0 Å². The van der Waals surface area contributed by atoms with Gasteiger partial charge >= 0.3 is 0 Å². The normalized spacial score (nSPS) is 14.8. The second-order valence-electron chi connectivity index (χ2n) is 7.52. The van der Waals surface area contributed by atoms with Crippen LogP contribution in [0.2, 0.25) is 0 Å². The lowest BCUT2D eigenvalue weighted by atomic mass is 10.2. The van der Waals surface area contributed by atoms with Crippen molar-refractivity contribution in [2.24, 2.45) is 0 Å². The van der Waals surface area contributed by atoms with Crippen LogP contribution in [0.25, 0.3) is 0 Å². The molecule has 1 aliphatic rings. The number of carbonyl (C=O) groups excluding carboxylic acids is 1. The first-order valence-corrected chi connectivity index (χ1v) is 12.8. The lowest BCUT2D eigenvalue weighted by Gasteiger charge is -2.26. The fourth-order valence-electron chi connectivity index (χ4n) is 3.33. The molecular weight excluding hydrogens is 464 g/mol. The number of hydrogen-bond donors (Lipinski definition) is 1. The number of ether oxygens (including phenoxy) is 1. The van der Waals surface area contributed by atoms with E-state index in [2.05, 4.69) is 15.5 Å². The van der Waals surface area contributed by atoms with Crippen LogP contribution in [0.1, 0.15) is 27.4 Å². The zero-order valence-electron chi connectivity index (χ0n) is 18.3. The Morgan fingerprint density at radius 2 is 1.97 bits per heavy atom. The minimum atomic E-state index is -3.68. The van der Waals surface area contributed by atoms with E-state index in [9.17, 15) is 13.2 Å². The van der Waals surface area contributed by atoms with Gasteiger partial charge in [0, 0.05) is 36.8 Å². The lowest BCUT2D eigenvalue weighted by molar-refractivity contribution is 0.0730. The molecule has 0 saturated carbocycles. The topological polar surface area (TPSA) is 115 Å². The van der Waals surface area contributed by atoms with E-state index in [1.165, 1.54) is 22.1 Å². The average molecular weight is 489 g/mol. The smallest absolute Gasteiger partial charge is 0.258 e. The Labute approximate surface area is 196 Å². The van der Waals surface area contributed by atoms with Gasteiger partial charge in [0.2, 0.25) is 10.0 Å². The van der Waals surface area contributed by atoms with Crippen LogP contribution in [-0.2, 0) is 20.5 Å². The van der Waals surface area contributed by atoms with Crippen LogP contribution in [0.3, 0.4) is 0 Å². The standard InChI is InChI=1S/C22H24N4O5S2/c1-15-5-6-18(33(28,29)26-8-10-30-11-9-26)13-20(15)24-21(27)19-4-3-7-23-22(19)32-14-17-12-16(2)31-25-17/h3-7,12-13H,8-11,14H2,1-2H3,(H,24,27). The number of carbonyl (C=O) groups is 1. The zero-order chi connectivity index (χ0) is 23.4. The summed E-state index contributed by atoms with van der Waals surface area (Å²) in [6.07, 6.45) is 1.62. The highest BCUT2D eigenvalue weighted by Gasteiger charge is 2.27. The summed E-state index contributed by atoms with van der Waals surface area (Å²) in [6.45, 7) is 4.97. The van der Waals surface area contributed by atoms with Crippen LogP contribution in [0.5, 0.6) is 0 Å². The number of benzene rings is 1. The molecule has 0 unspecified atom stereocenters. The van der Waals surface area contributed by atoms with E-state index < -0.39 is 10.0 Å². The Hall–Kier alpha value is -2.73. The molecule has 0 bridgehead atoms. The SMILES string of the molecule is Cc1cc(CSc2ncccc2C(=O)Nc2cc(S(=O)(=O)N3CCOCC3)ccc2C)no1. The number of amides is 1. The highest BCUT2D eigenvalue weighted by Crippen LogP contribution is 2.27. The van der Waals surface area contributed by atoms with Crippen molar-refractivity contribution in [3.8, 4) is 0 Å².